The third-order valence-electron chi connectivity index (χ3n) is 6.58. The van der Waals surface area contributed by atoms with Crippen LogP contribution >= 0.6 is 0 Å². The van der Waals surface area contributed by atoms with E-state index in [0.29, 0.717) is 12.8 Å². The number of ketones is 2. The molecule has 0 heterocycles. The fraction of sp³-hybridized carbons (Fsp3) is 0.526. The average Bonchev–Trinajstić information content (AvgIpc) is 2.80. The number of benzene rings is 1. The summed E-state index contributed by atoms with van der Waals surface area (Å²) >= 11 is 0. The molecule has 1 N–H and O–H groups in total. The van der Waals surface area contributed by atoms with Crippen molar-refractivity contribution in [1.29, 1.82) is 0 Å². The summed E-state index contributed by atoms with van der Waals surface area (Å²) in [6.45, 7) is 7.61. The molecule has 2 fully saturated rings. The van der Waals surface area contributed by atoms with E-state index >= 15 is 0 Å². The number of para-hydroxylation sites is 1. The van der Waals surface area contributed by atoms with Gasteiger partial charge in [-0.3, -0.25) is 14.4 Å². The maximum absolute atomic E-state index is 13.1. The Bertz CT molecular complexity index is 721. The van der Waals surface area contributed by atoms with E-state index in [1.165, 1.54) is 0 Å². The first kappa shape index (κ1) is 15.9. The molecule has 4 heteroatoms. The van der Waals surface area contributed by atoms with Crippen LogP contribution < -0.4 is 5.32 Å². The molecule has 2 aliphatic rings. The van der Waals surface area contributed by atoms with E-state index in [2.05, 4.69) is 5.32 Å². The summed E-state index contributed by atoms with van der Waals surface area (Å²) in [6.07, 6.45) is 1.83. The summed E-state index contributed by atoms with van der Waals surface area (Å²) in [5, 5.41) is 2.93. The van der Waals surface area contributed by atoms with Crippen molar-refractivity contribution >= 4 is 23.2 Å². The molecule has 23 heavy (non-hydrogen) atoms. The maximum Gasteiger partial charge on any atom is 0.239 e. The fourth-order valence-electron chi connectivity index (χ4n) is 4.45. The molecule has 2 aliphatic carbocycles. The van der Waals surface area contributed by atoms with Gasteiger partial charge in [-0.15, -0.1) is 0 Å². The molecule has 3 rings (SSSR count). The Hall–Kier alpha value is -1.97. The van der Waals surface area contributed by atoms with Crippen LogP contribution in [0.1, 0.15) is 46.1 Å². The Kier molecular flexibility index (Phi) is 3.29. The molecule has 0 unspecified atom stereocenters. The first-order valence-electron chi connectivity index (χ1n) is 8.21. The Morgan fingerprint density at radius 2 is 1.74 bits per heavy atom. The zero-order valence-corrected chi connectivity index (χ0v) is 14.2. The average molecular weight is 313 g/mol. The summed E-state index contributed by atoms with van der Waals surface area (Å²) in [6, 6.07) is 7.58. The highest BCUT2D eigenvalue weighted by Crippen LogP contribution is 2.69. The van der Waals surface area contributed by atoms with Crippen molar-refractivity contribution in [2.45, 2.75) is 47.0 Å². The molecule has 1 aromatic rings. The minimum Gasteiger partial charge on any atom is -0.325 e. The molecule has 0 spiro atoms. The van der Waals surface area contributed by atoms with E-state index in [0.717, 1.165) is 17.7 Å². The number of Topliss-reactive ketones (excluding diaryl/α,β-unsaturated/α-hetero) is 2. The zero-order valence-electron chi connectivity index (χ0n) is 14.2. The molecule has 0 radical (unpaired) electrons. The highest BCUT2D eigenvalue weighted by atomic mass is 16.2. The lowest BCUT2D eigenvalue weighted by molar-refractivity contribution is -0.147. The lowest BCUT2D eigenvalue weighted by atomic mass is 9.64. The number of fused-ring (bicyclic) bond motifs is 2. The lowest BCUT2D eigenvalue weighted by Gasteiger charge is -2.37. The highest BCUT2D eigenvalue weighted by Gasteiger charge is 2.77. The second-order valence-corrected chi connectivity index (χ2v) is 7.49. The second kappa shape index (κ2) is 4.76. The van der Waals surface area contributed by atoms with Crippen molar-refractivity contribution < 1.29 is 14.4 Å². The molecule has 2 bridgehead atoms. The summed E-state index contributed by atoms with van der Waals surface area (Å²) in [7, 11) is 0. The van der Waals surface area contributed by atoms with Gasteiger partial charge in [0.05, 0.1) is 0 Å². The molecule has 0 aromatic heterocycles. The lowest BCUT2D eigenvalue weighted by Crippen LogP contribution is -2.47. The number of carbonyl (C=O) groups excluding carboxylic acids is 3. The van der Waals surface area contributed by atoms with Crippen LogP contribution in [0.15, 0.2) is 24.3 Å². The standard InChI is InChI=1S/C19H23NO3/c1-5-12-8-6-7-9-13(12)20-16(23)19-11-10-18(4,17(19,2)3)14(21)15(19)22/h6-9H,5,10-11H2,1-4H3,(H,20,23)/t18-,19+/m0/s1. The van der Waals surface area contributed by atoms with Gasteiger partial charge < -0.3 is 5.32 Å². The molecule has 2 saturated carbocycles. The molecule has 2 atom stereocenters. The molecule has 1 amide bonds. The van der Waals surface area contributed by atoms with Crippen molar-refractivity contribution in [3.05, 3.63) is 29.8 Å². The van der Waals surface area contributed by atoms with Crippen LogP contribution in [-0.4, -0.2) is 17.5 Å². The van der Waals surface area contributed by atoms with E-state index in [-0.39, 0.29) is 11.7 Å². The van der Waals surface area contributed by atoms with Gasteiger partial charge in [0.2, 0.25) is 17.5 Å². The van der Waals surface area contributed by atoms with Gasteiger partial charge in [0, 0.05) is 11.1 Å². The maximum atomic E-state index is 13.1. The highest BCUT2D eigenvalue weighted by molar-refractivity contribution is 6.49. The Morgan fingerprint density at radius 3 is 2.30 bits per heavy atom. The minimum absolute atomic E-state index is 0.331. The van der Waals surface area contributed by atoms with Crippen LogP contribution in [-0.2, 0) is 20.8 Å². The molecule has 1 aromatic carbocycles. The van der Waals surface area contributed by atoms with E-state index < -0.39 is 22.0 Å². The van der Waals surface area contributed by atoms with Crippen molar-refractivity contribution in [2.75, 3.05) is 5.32 Å². The van der Waals surface area contributed by atoms with Crippen molar-refractivity contribution in [3.8, 4) is 0 Å². The topological polar surface area (TPSA) is 63.2 Å². The smallest absolute Gasteiger partial charge is 0.239 e. The third kappa shape index (κ3) is 1.69. The van der Waals surface area contributed by atoms with Gasteiger partial charge in [0.15, 0.2) is 0 Å². The van der Waals surface area contributed by atoms with E-state index in [1.54, 1.807) is 0 Å². The molecular weight excluding hydrogens is 290 g/mol. The van der Waals surface area contributed by atoms with Gasteiger partial charge >= 0.3 is 0 Å². The summed E-state index contributed by atoms with van der Waals surface area (Å²) < 4.78 is 0. The van der Waals surface area contributed by atoms with Crippen LogP contribution in [0.3, 0.4) is 0 Å². The Morgan fingerprint density at radius 1 is 1.09 bits per heavy atom. The third-order valence-corrected chi connectivity index (χ3v) is 6.58. The number of rotatable bonds is 3. The monoisotopic (exact) mass is 313 g/mol. The second-order valence-electron chi connectivity index (χ2n) is 7.49. The minimum atomic E-state index is -1.24. The quantitative estimate of drug-likeness (QED) is 0.688. The van der Waals surface area contributed by atoms with E-state index in [9.17, 15) is 14.4 Å². The molecule has 122 valence electrons. The first-order valence-corrected chi connectivity index (χ1v) is 8.21. The van der Waals surface area contributed by atoms with E-state index in [4.69, 9.17) is 0 Å². The molecule has 4 nitrogen and oxygen atoms in total. The number of nitrogens with one attached hydrogen (secondary N) is 1. The molecule has 0 aliphatic heterocycles. The summed E-state index contributed by atoms with van der Waals surface area (Å²) in [5.41, 5.74) is -0.886. The number of carbonyl (C=O) groups is 3. The van der Waals surface area contributed by atoms with Crippen molar-refractivity contribution in [1.82, 2.24) is 0 Å². The van der Waals surface area contributed by atoms with Crippen molar-refractivity contribution in [3.63, 3.8) is 0 Å². The van der Waals surface area contributed by atoms with Crippen LogP contribution in [0, 0.1) is 16.2 Å². The number of hydrogen-bond acceptors (Lipinski definition) is 3. The SMILES string of the molecule is CCc1ccccc1NC(=O)[C@@]12CC[C@@](C)(C(=O)C1=O)C2(C)C. The fourth-order valence-corrected chi connectivity index (χ4v) is 4.45. The summed E-state index contributed by atoms with van der Waals surface area (Å²) in [5.74, 6) is -1.22. The van der Waals surface area contributed by atoms with E-state index in [1.807, 2.05) is 52.0 Å². The Balaban J connectivity index is 2.02. The predicted octanol–water partition coefficient (Wildman–Crippen LogP) is 3.15. The normalized spacial score (nSPS) is 31.5. The molecular formula is C19H23NO3. The van der Waals surface area contributed by atoms with Gasteiger partial charge in [-0.05, 0) is 36.3 Å². The zero-order chi connectivity index (χ0) is 17.0. The van der Waals surface area contributed by atoms with Crippen LogP contribution in [0.2, 0.25) is 0 Å². The van der Waals surface area contributed by atoms with Gasteiger partial charge in [-0.25, -0.2) is 0 Å². The number of amides is 1. The van der Waals surface area contributed by atoms with Gasteiger partial charge in [0.25, 0.3) is 0 Å². The van der Waals surface area contributed by atoms with Crippen LogP contribution in [0.5, 0.6) is 0 Å². The first-order chi connectivity index (χ1) is 10.7. The Labute approximate surface area is 136 Å². The van der Waals surface area contributed by atoms with Crippen LogP contribution in [0.25, 0.3) is 0 Å². The molecule has 0 saturated heterocycles. The number of anilines is 1. The summed E-state index contributed by atoms with van der Waals surface area (Å²) in [4.78, 5) is 38.2. The van der Waals surface area contributed by atoms with Gasteiger partial charge in [-0.2, -0.15) is 0 Å². The van der Waals surface area contributed by atoms with Crippen LogP contribution in [0.4, 0.5) is 5.69 Å². The number of hydrogen-bond donors (Lipinski definition) is 1. The van der Waals surface area contributed by atoms with Gasteiger partial charge in [-0.1, -0.05) is 45.9 Å². The number of aryl methyl sites for hydroxylation is 1. The largest absolute Gasteiger partial charge is 0.325 e. The van der Waals surface area contributed by atoms with Gasteiger partial charge in [0.1, 0.15) is 5.41 Å². The predicted molar refractivity (Wildman–Crippen MR) is 88.0 cm³/mol. The van der Waals surface area contributed by atoms with Crippen molar-refractivity contribution in [2.24, 2.45) is 16.2 Å².